The van der Waals surface area contributed by atoms with Gasteiger partial charge in [0.2, 0.25) is 5.95 Å². The molecule has 1 aliphatic heterocycles. The van der Waals surface area contributed by atoms with Crippen LogP contribution in [0.25, 0.3) is 11.3 Å². The van der Waals surface area contributed by atoms with Gasteiger partial charge in [-0.15, -0.1) is 6.58 Å². The molecule has 2 heterocycles. The smallest absolute Gasteiger partial charge is 0.318 e. The molecule has 0 unspecified atom stereocenters. The molecule has 26 heavy (non-hydrogen) atoms. The summed E-state index contributed by atoms with van der Waals surface area (Å²) in [6, 6.07) is 3.32. The van der Waals surface area contributed by atoms with Crippen molar-refractivity contribution in [3.05, 3.63) is 45.5 Å². The second-order valence-corrected chi connectivity index (χ2v) is 6.91. The third-order valence-corrected chi connectivity index (χ3v) is 4.91. The molecule has 0 atom stereocenters. The van der Waals surface area contributed by atoms with Crippen LogP contribution in [0.2, 0.25) is 5.02 Å². The van der Waals surface area contributed by atoms with E-state index in [0.717, 1.165) is 10.0 Å². The van der Waals surface area contributed by atoms with Crippen molar-refractivity contribution in [3.63, 3.8) is 0 Å². The van der Waals surface area contributed by atoms with E-state index in [2.05, 4.69) is 37.8 Å². The van der Waals surface area contributed by atoms with Crippen LogP contribution in [0.1, 0.15) is 11.3 Å². The number of carbonyl (C=O) groups is 1. The van der Waals surface area contributed by atoms with Crippen molar-refractivity contribution in [2.24, 2.45) is 0 Å². The number of rotatable bonds is 4. The van der Waals surface area contributed by atoms with E-state index < -0.39 is 0 Å². The van der Waals surface area contributed by atoms with Gasteiger partial charge in [-0.25, -0.2) is 14.8 Å². The van der Waals surface area contributed by atoms with Gasteiger partial charge in [0.1, 0.15) is 5.75 Å². The fourth-order valence-corrected chi connectivity index (χ4v) is 3.67. The number of fused-ring (bicyclic) bond motifs is 1. The van der Waals surface area contributed by atoms with Crippen LogP contribution in [0.15, 0.2) is 29.3 Å². The average molecular weight is 439 g/mol. The lowest BCUT2D eigenvalue weighted by Gasteiger charge is -2.15. The Morgan fingerprint density at radius 3 is 2.96 bits per heavy atom. The second-order valence-electron chi connectivity index (χ2n) is 5.65. The highest BCUT2D eigenvalue weighted by Gasteiger charge is 2.29. The van der Waals surface area contributed by atoms with Crippen molar-refractivity contribution in [1.29, 1.82) is 0 Å². The molecule has 9 heteroatoms. The molecule has 1 aliphatic rings. The van der Waals surface area contributed by atoms with E-state index in [0.29, 0.717) is 47.4 Å². The lowest BCUT2D eigenvalue weighted by atomic mass is 10.1. The van der Waals surface area contributed by atoms with Gasteiger partial charge in [-0.05, 0) is 28.1 Å². The van der Waals surface area contributed by atoms with E-state index in [9.17, 15) is 4.79 Å². The van der Waals surface area contributed by atoms with Crippen LogP contribution in [0.5, 0.6) is 5.75 Å². The van der Waals surface area contributed by atoms with Gasteiger partial charge in [-0.3, -0.25) is 0 Å². The monoisotopic (exact) mass is 437 g/mol. The van der Waals surface area contributed by atoms with E-state index in [-0.39, 0.29) is 12.0 Å². The zero-order valence-corrected chi connectivity index (χ0v) is 16.4. The lowest BCUT2D eigenvalue weighted by molar-refractivity contribution is 0.199. The zero-order chi connectivity index (χ0) is 18.8. The molecule has 0 bridgehead atoms. The predicted octanol–water partition coefficient (Wildman–Crippen LogP) is 3.36. The maximum absolute atomic E-state index is 12.3. The number of hydrogen-bond acceptors (Lipinski definition) is 5. The molecule has 3 rings (SSSR count). The van der Waals surface area contributed by atoms with Crippen molar-refractivity contribution in [1.82, 2.24) is 20.2 Å². The highest BCUT2D eigenvalue weighted by Crippen LogP contribution is 2.39. The molecule has 0 fully saturated rings. The number of carbonyl (C=O) groups excluding carboxylic acids is 1. The van der Waals surface area contributed by atoms with Crippen LogP contribution in [-0.2, 0) is 13.1 Å². The lowest BCUT2D eigenvalue weighted by Crippen LogP contribution is -2.36. The van der Waals surface area contributed by atoms with Crippen molar-refractivity contribution in [2.45, 2.75) is 13.1 Å². The van der Waals surface area contributed by atoms with E-state index in [1.165, 1.54) is 0 Å². The number of benzene rings is 1. The van der Waals surface area contributed by atoms with E-state index >= 15 is 0 Å². The van der Waals surface area contributed by atoms with Crippen molar-refractivity contribution in [3.8, 4) is 17.0 Å². The fourth-order valence-electron chi connectivity index (χ4n) is 2.78. The number of hydrogen-bond donors (Lipinski definition) is 2. The number of amides is 2. The van der Waals surface area contributed by atoms with Gasteiger partial charge in [-0.2, -0.15) is 0 Å². The minimum absolute atomic E-state index is 0.130. The highest BCUT2D eigenvalue weighted by molar-refractivity contribution is 9.10. The van der Waals surface area contributed by atoms with Gasteiger partial charge in [0.05, 0.1) is 41.1 Å². The number of nitrogens with one attached hydrogen (secondary N) is 1. The van der Waals surface area contributed by atoms with E-state index in [1.54, 1.807) is 30.2 Å². The Bertz CT molecular complexity index is 890. The number of urea groups is 1. The first kappa shape index (κ1) is 18.5. The topological polar surface area (TPSA) is 93.4 Å². The molecule has 1 aromatic heterocycles. The Kier molecular flexibility index (Phi) is 5.33. The van der Waals surface area contributed by atoms with Gasteiger partial charge in [0.15, 0.2) is 0 Å². The second kappa shape index (κ2) is 7.51. The number of nitrogens with two attached hydrogens (primary N) is 1. The standard InChI is InChI=1S/C17H17BrClN5O2/c1-3-4-21-17(25)24-7-10-13(8-24)22-16(20)23-15(10)9-5-14(26-2)11(18)6-12(9)19/h3,5-6H,1,4,7-8H2,2H3,(H,21,25)(H2,20,22,23). The Labute approximate surface area is 164 Å². The molecule has 1 aromatic carbocycles. The maximum Gasteiger partial charge on any atom is 0.318 e. The van der Waals surface area contributed by atoms with E-state index in [4.69, 9.17) is 22.1 Å². The Hall–Kier alpha value is -2.32. The molecule has 2 amide bonds. The molecule has 0 spiro atoms. The van der Waals surface area contributed by atoms with E-state index in [1.807, 2.05) is 0 Å². The molecule has 0 saturated heterocycles. The van der Waals surface area contributed by atoms with Gasteiger partial charge < -0.3 is 20.7 Å². The molecule has 2 aromatic rings. The van der Waals surface area contributed by atoms with Gasteiger partial charge in [0.25, 0.3) is 0 Å². The number of ether oxygens (including phenoxy) is 1. The number of aromatic nitrogens is 2. The normalized spacial score (nSPS) is 12.7. The first-order valence-corrected chi connectivity index (χ1v) is 8.94. The van der Waals surface area contributed by atoms with Crippen molar-refractivity contribution >= 4 is 39.5 Å². The molecular weight excluding hydrogens is 422 g/mol. The molecule has 7 nitrogen and oxygen atoms in total. The quantitative estimate of drug-likeness (QED) is 0.714. The summed E-state index contributed by atoms with van der Waals surface area (Å²) in [6.07, 6.45) is 1.62. The van der Waals surface area contributed by atoms with Gasteiger partial charge in [0, 0.05) is 17.7 Å². The van der Waals surface area contributed by atoms with Crippen LogP contribution in [0, 0.1) is 0 Å². The Morgan fingerprint density at radius 2 is 2.27 bits per heavy atom. The average Bonchev–Trinajstić information content (AvgIpc) is 3.03. The molecule has 0 saturated carbocycles. The third kappa shape index (κ3) is 3.47. The minimum atomic E-state index is -0.202. The Balaban J connectivity index is 2.03. The SMILES string of the molecule is C=CCNC(=O)N1Cc2nc(N)nc(-c3cc(OC)c(Br)cc3Cl)c2C1. The number of halogens is 2. The van der Waals surface area contributed by atoms with Crippen LogP contribution in [0.4, 0.5) is 10.7 Å². The summed E-state index contributed by atoms with van der Waals surface area (Å²) in [4.78, 5) is 22.5. The summed E-state index contributed by atoms with van der Waals surface area (Å²) in [7, 11) is 1.57. The molecule has 3 N–H and O–H groups in total. The molecule has 0 aliphatic carbocycles. The van der Waals surface area contributed by atoms with Crippen LogP contribution >= 0.6 is 27.5 Å². The maximum atomic E-state index is 12.3. The highest BCUT2D eigenvalue weighted by atomic mass is 79.9. The molecule has 0 radical (unpaired) electrons. The summed E-state index contributed by atoms with van der Waals surface area (Å²) in [5.74, 6) is 0.749. The summed E-state index contributed by atoms with van der Waals surface area (Å²) in [5, 5.41) is 3.25. The molecular formula is C17H17BrClN5O2. The summed E-state index contributed by atoms with van der Waals surface area (Å²) in [6.45, 7) is 4.70. The number of methoxy groups -OCH3 is 1. The number of nitrogen functional groups attached to an aromatic ring is 1. The summed E-state index contributed by atoms with van der Waals surface area (Å²) >= 11 is 9.83. The number of anilines is 1. The minimum Gasteiger partial charge on any atom is -0.496 e. The van der Waals surface area contributed by atoms with Crippen LogP contribution in [-0.4, -0.2) is 34.6 Å². The predicted molar refractivity (Wildman–Crippen MR) is 104 cm³/mol. The third-order valence-electron chi connectivity index (χ3n) is 3.98. The van der Waals surface area contributed by atoms with Crippen molar-refractivity contribution < 1.29 is 9.53 Å². The Morgan fingerprint density at radius 1 is 1.50 bits per heavy atom. The largest absolute Gasteiger partial charge is 0.496 e. The molecule has 136 valence electrons. The van der Waals surface area contributed by atoms with Gasteiger partial charge in [-0.1, -0.05) is 17.7 Å². The first-order valence-electron chi connectivity index (χ1n) is 7.77. The van der Waals surface area contributed by atoms with Crippen LogP contribution < -0.4 is 15.8 Å². The first-order chi connectivity index (χ1) is 12.4. The van der Waals surface area contributed by atoms with Gasteiger partial charge >= 0.3 is 6.03 Å². The zero-order valence-electron chi connectivity index (χ0n) is 14.1. The fraction of sp³-hybridized carbons (Fsp3) is 0.235. The summed E-state index contributed by atoms with van der Waals surface area (Å²) < 4.78 is 6.09. The number of nitrogens with zero attached hydrogens (tertiary/aromatic N) is 3. The van der Waals surface area contributed by atoms with Crippen LogP contribution in [0.3, 0.4) is 0 Å². The van der Waals surface area contributed by atoms with Crippen molar-refractivity contribution in [2.75, 3.05) is 19.4 Å². The summed E-state index contributed by atoms with van der Waals surface area (Å²) in [5.41, 5.74) is 8.68.